The Hall–Kier alpha value is -2.74. The van der Waals surface area contributed by atoms with E-state index in [0.717, 1.165) is 10.0 Å². The maximum absolute atomic E-state index is 12.3. The van der Waals surface area contributed by atoms with Crippen LogP contribution < -0.4 is 10.1 Å². The van der Waals surface area contributed by atoms with Gasteiger partial charge in [0.1, 0.15) is 5.75 Å². The van der Waals surface area contributed by atoms with E-state index >= 15 is 0 Å². The topological polar surface area (TPSA) is 64.6 Å². The molecule has 0 bridgehead atoms. The van der Waals surface area contributed by atoms with Crippen LogP contribution in [-0.2, 0) is 14.3 Å². The zero-order valence-corrected chi connectivity index (χ0v) is 14.9. The maximum Gasteiger partial charge on any atom is 0.387 e. The van der Waals surface area contributed by atoms with Gasteiger partial charge in [-0.1, -0.05) is 40.2 Å². The van der Waals surface area contributed by atoms with Crippen molar-refractivity contribution in [1.29, 1.82) is 0 Å². The normalized spacial score (nSPS) is 10.8. The van der Waals surface area contributed by atoms with Crippen molar-refractivity contribution in [2.45, 2.75) is 6.61 Å². The van der Waals surface area contributed by atoms with Crippen molar-refractivity contribution in [1.82, 2.24) is 0 Å². The number of anilines is 1. The van der Waals surface area contributed by atoms with E-state index in [4.69, 9.17) is 4.74 Å². The van der Waals surface area contributed by atoms with Crippen LogP contribution in [0.1, 0.15) is 5.56 Å². The van der Waals surface area contributed by atoms with Crippen LogP contribution in [0.5, 0.6) is 5.75 Å². The molecule has 0 aromatic heterocycles. The average molecular weight is 426 g/mol. The molecule has 1 amide bonds. The highest BCUT2D eigenvalue weighted by Crippen LogP contribution is 2.25. The molecule has 1 N–H and O–H groups in total. The molecule has 2 aromatic rings. The van der Waals surface area contributed by atoms with Crippen molar-refractivity contribution >= 4 is 39.6 Å². The molecule has 0 atom stereocenters. The molecule has 0 aliphatic heterocycles. The molecule has 26 heavy (non-hydrogen) atoms. The fourth-order valence-corrected chi connectivity index (χ4v) is 2.14. The van der Waals surface area contributed by atoms with E-state index < -0.39 is 25.1 Å². The first-order valence-electron chi connectivity index (χ1n) is 7.38. The van der Waals surface area contributed by atoms with E-state index in [1.54, 1.807) is 24.3 Å². The lowest BCUT2D eigenvalue weighted by Crippen LogP contribution is -2.20. The summed E-state index contributed by atoms with van der Waals surface area (Å²) in [5.41, 5.74) is 0.840. The summed E-state index contributed by atoms with van der Waals surface area (Å²) in [6, 6.07) is 12.9. The Morgan fingerprint density at radius 1 is 1.12 bits per heavy atom. The summed E-state index contributed by atoms with van der Waals surface area (Å²) >= 11 is 3.30. The summed E-state index contributed by atoms with van der Waals surface area (Å²) in [6.07, 6.45) is 2.73. The molecule has 0 aliphatic carbocycles. The average Bonchev–Trinajstić information content (AvgIpc) is 2.61. The molecule has 0 unspecified atom stereocenters. The quantitative estimate of drug-likeness (QED) is 0.532. The number of carbonyl (C=O) groups is 2. The van der Waals surface area contributed by atoms with E-state index in [9.17, 15) is 18.4 Å². The van der Waals surface area contributed by atoms with Crippen LogP contribution >= 0.6 is 15.9 Å². The van der Waals surface area contributed by atoms with Crippen LogP contribution in [0.3, 0.4) is 0 Å². The first-order chi connectivity index (χ1) is 12.4. The fraction of sp³-hybridized carbons (Fsp3) is 0.111. The molecule has 0 saturated carbocycles. The van der Waals surface area contributed by atoms with E-state index in [0.29, 0.717) is 0 Å². The lowest BCUT2D eigenvalue weighted by atomic mass is 10.2. The van der Waals surface area contributed by atoms with E-state index in [-0.39, 0.29) is 11.4 Å². The van der Waals surface area contributed by atoms with Gasteiger partial charge in [0.2, 0.25) is 0 Å². The SMILES string of the molecule is O=C(COC(=O)/C=C/c1ccc(Br)cc1)Nc1ccccc1OC(F)F. The summed E-state index contributed by atoms with van der Waals surface area (Å²) in [7, 11) is 0. The van der Waals surface area contributed by atoms with Gasteiger partial charge in [-0.05, 0) is 35.9 Å². The molecule has 0 heterocycles. The molecule has 8 heteroatoms. The molecule has 0 saturated heterocycles. The van der Waals surface area contributed by atoms with E-state index in [1.807, 2.05) is 12.1 Å². The summed E-state index contributed by atoms with van der Waals surface area (Å²) < 4.78 is 34.7. The van der Waals surface area contributed by atoms with Crippen LogP contribution in [-0.4, -0.2) is 25.1 Å². The van der Waals surface area contributed by atoms with Crippen molar-refractivity contribution in [3.63, 3.8) is 0 Å². The third kappa shape index (κ3) is 6.64. The van der Waals surface area contributed by atoms with Gasteiger partial charge in [0.25, 0.3) is 5.91 Å². The fourth-order valence-electron chi connectivity index (χ4n) is 1.88. The minimum atomic E-state index is -3.02. The van der Waals surface area contributed by atoms with Crippen LogP contribution in [0.2, 0.25) is 0 Å². The van der Waals surface area contributed by atoms with Crippen LogP contribution in [0.15, 0.2) is 59.1 Å². The second-order valence-electron chi connectivity index (χ2n) is 4.92. The largest absolute Gasteiger partial charge is 0.452 e. The Morgan fingerprint density at radius 2 is 1.81 bits per heavy atom. The first kappa shape index (κ1) is 19.6. The molecule has 2 rings (SSSR count). The van der Waals surface area contributed by atoms with Crippen molar-refractivity contribution in [2.75, 3.05) is 11.9 Å². The molecule has 2 aromatic carbocycles. The maximum atomic E-state index is 12.3. The molecule has 0 fully saturated rings. The van der Waals surface area contributed by atoms with Crippen molar-refractivity contribution in [2.24, 2.45) is 0 Å². The third-order valence-corrected chi connectivity index (χ3v) is 3.53. The number of hydrogen-bond acceptors (Lipinski definition) is 4. The number of alkyl halides is 2. The number of rotatable bonds is 7. The highest BCUT2D eigenvalue weighted by molar-refractivity contribution is 9.10. The second-order valence-corrected chi connectivity index (χ2v) is 5.83. The van der Waals surface area contributed by atoms with Crippen LogP contribution in [0.25, 0.3) is 6.08 Å². The zero-order valence-electron chi connectivity index (χ0n) is 13.3. The zero-order chi connectivity index (χ0) is 18.9. The van der Waals surface area contributed by atoms with Gasteiger partial charge in [-0.25, -0.2) is 4.79 Å². The molecular weight excluding hydrogens is 412 g/mol. The number of esters is 1. The van der Waals surface area contributed by atoms with Crippen molar-refractivity contribution in [3.05, 3.63) is 64.6 Å². The van der Waals surface area contributed by atoms with Gasteiger partial charge in [0, 0.05) is 10.5 Å². The molecule has 5 nitrogen and oxygen atoms in total. The van der Waals surface area contributed by atoms with Crippen LogP contribution in [0.4, 0.5) is 14.5 Å². The van der Waals surface area contributed by atoms with Crippen LogP contribution in [0, 0.1) is 0 Å². The Balaban J connectivity index is 1.85. The minimum absolute atomic E-state index is 0.0549. The number of nitrogens with one attached hydrogen (secondary N) is 1. The van der Waals surface area contributed by atoms with Gasteiger partial charge >= 0.3 is 12.6 Å². The predicted molar refractivity (Wildman–Crippen MR) is 95.8 cm³/mol. The smallest absolute Gasteiger partial charge is 0.387 e. The molecule has 0 aliphatic rings. The Kier molecular flexibility index (Phi) is 7.28. The van der Waals surface area contributed by atoms with Gasteiger partial charge in [0.15, 0.2) is 6.61 Å². The van der Waals surface area contributed by atoms with Gasteiger partial charge < -0.3 is 14.8 Å². The van der Waals surface area contributed by atoms with Gasteiger partial charge in [-0.3, -0.25) is 4.79 Å². The third-order valence-electron chi connectivity index (χ3n) is 3.00. The van der Waals surface area contributed by atoms with E-state index in [1.165, 1.54) is 24.3 Å². The number of halogens is 3. The monoisotopic (exact) mass is 425 g/mol. The number of benzene rings is 2. The number of carbonyl (C=O) groups excluding carboxylic acids is 2. The van der Waals surface area contributed by atoms with E-state index in [2.05, 4.69) is 26.0 Å². The molecule has 136 valence electrons. The van der Waals surface area contributed by atoms with Crippen molar-refractivity contribution in [3.8, 4) is 5.75 Å². The molecular formula is C18H14BrF2NO4. The van der Waals surface area contributed by atoms with Gasteiger partial charge in [-0.15, -0.1) is 0 Å². The lowest BCUT2D eigenvalue weighted by molar-refractivity contribution is -0.142. The van der Waals surface area contributed by atoms with Gasteiger partial charge in [0.05, 0.1) is 5.69 Å². The lowest BCUT2D eigenvalue weighted by Gasteiger charge is -2.11. The summed E-state index contributed by atoms with van der Waals surface area (Å²) in [6.45, 7) is -3.58. The number of para-hydroxylation sites is 2. The Labute approximate surface area is 156 Å². The summed E-state index contributed by atoms with van der Waals surface area (Å²) in [5.74, 6) is -1.57. The highest BCUT2D eigenvalue weighted by atomic mass is 79.9. The molecule has 0 spiro atoms. The summed E-state index contributed by atoms with van der Waals surface area (Å²) in [4.78, 5) is 23.4. The highest BCUT2D eigenvalue weighted by Gasteiger charge is 2.12. The first-order valence-corrected chi connectivity index (χ1v) is 8.17. The number of hydrogen-bond donors (Lipinski definition) is 1. The summed E-state index contributed by atoms with van der Waals surface area (Å²) in [5, 5.41) is 2.35. The van der Waals surface area contributed by atoms with Gasteiger partial charge in [-0.2, -0.15) is 8.78 Å². The molecule has 0 radical (unpaired) electrons. The number of ether oxygens (including phenoxy) is 2. The minimum Gasteiger partial charge on any atom is -0.452 e. The number of amides is 1. The predicted octanol–water partition coefficient (Wildman–Crippen LogP) is 4.25. The van der Waals surface area contributed by atoms with Crippen molar-refractivity contribution < 1.29 is 27.8 Å². The Morgan fingerprint density at radius 3 is 2.50 bits per heavy atom. The second kappa shape index (κ2) is 9.67. The standard InChI is InChI=1S/C18H14BrF2NO4/c19-13-8-5-12(6-9-13)7-10-17(24)25-11-16(23)22-14-3-1-2-4-15(14)26-18(20)21/h1-10,18H,11H2,(H,22,23)/b10-7+. The Bertz CT molecular complexity index is 794.